The van der Waals surface area contributed by atoms with Crippen molar-refractivity contribution in [1.82, 2.24) is 15.2 Å². The minimum atomic E-state index is -4.48. The standard InChI is InChI=1S/C20H23F3N4O2/c1-4-27(12-17(28)25-13(2)3)19(29)16-9-6-10-24-18(16)26-15-8-5-7-14(11-15)20(21,22)23/h5-11,13H,4,12H2,1-3H3,(H,24,26)(H,25,28). The van der Waals surface area contributed by atoms with Crippen LogP contribution in [0.4, 0.5) is 24.7 Å². The summed E-state index contributed by atoms with van der Waals surface area (Å²) in [7, 11) is 0. The average molecular weight is 408 g/mol. The molecule has 6 nitrogen and oxygen atoms in total. The number of amides is 2. The third-order valence-corrected chi connectivity index (χ3v) is 3.94. The fourth-order valence-electron chi connectivity index (χ4n) is 2.63. The summed E-state index contributed by atoms with van der Waals surface area (Å²) in [5.41, 5.74) is -0.510. The number of hydrogen-bond acceptors (Lipinski definition) is 4. The number of nitrogens with one attached hydrogen (secondary N) is 2. The molecule has 0 bridgehead atoms. The number of benzene rings is 1. The van der Waals surface area contributed by atoms with Gasteiger partial charge in [0.2, 0.25) is 5.91 Å². The number of likely N-dealkylation sites (N-methyl/N-ethyl adjacent to an activating group) is 1. The zero-order chi connectivity index (χ0) is 21.6. The van der Waals surface area contributed by atoms with Gasteiger partial charge in [0, 0.05) is 24.5 Å². The van der Waals surface area contributed by atoms with Gasteiger partial charge in [-0.05, 0) is 51.1 Å². The van der Waals surface area contributed by atoms with Crippen molar-refractivity contribution in [2.75, 3.05) is 18.4 Å². The van der Waals surface area contributed by atoms with Crippen molar-refractivity contribution in [2.24, 2.45) is 0 Å². The fraction of sp³-hybridized carbons (Fsp3) is 0.350. The molecular weight excluding hydrogens is 385 g/mol. The van der Waals surface area contributed by atoms with Gasteiger partial charge in [0.05, 0.1) is 17.7 Å². The van der Waals surface area contributed by atoms with Gasteiger partial charge in [-0.1, -0.05) is 6.07 Å². The lowest BCUT2D eigenvalue weighted by Gasteiger charge is -2.22. The van der Waals surface area contributed by atoms with E-state index in [-0.39, 0.29) is 42.1 Å². The number of anilines is 2. The highest BCUT2D eigenvalue weighted by Gasteiger charge is 2.30. The molecule has 0 unspecified atom stereocenters. The van der Waals surface area contributed by atoms with E-state index in [1.807, 2.05) is 13.8 Å². The summed E-state index contributed by atoms with van der Waals surface area (Å²) in [5, 5.41) is 5.49. The van der Waals surface area contributed by atoms with Crippen molar-refractivity contribution in [1.29, 1.82) is 0 Å². The van der Waals surface area contributed by atoms with Crippen LogP contribution in [0.2, 0.25) is 0 Å². The molecule has 0 radical (unpaired) electrons. The van der Waals surface area contributed by atoms with Gasteiger partial charge in [0.1, 0.15) is 5.82 Å². The predicted molar refractivity (Wildman–Crippen MR) is 104 cm³/mol. The minimum Gasteiger partial charge on any atom is -0.352 e. The van der Waals surface area contributed by atoms with Crippen LogP contribution in [0.5, 0.6) is 0 Å². The van der Waals surface area contributed by atoms with Gasteiger partial charge in [-0.3, -0.25) is 9.59 Å². The number of carbonyl (C=O) groups is 2. The van der Waals surface area contributed by atoms with Gasteiger partial charge in [-0.15, -0.1) is 0 Å². The maximum absolute atomic E-state index is 12.9. The normalized spacial score (nSPS) is 11.3. The summed E-state index contributed by atoms with van der Waals surface area (Å²) in [6.45, 7) is 5.51. The summed E-state index contributed by atoms with van der Waals surface area (Å²) in [5.74, 6) is -0.639. The van der Waals surface area contributed by atoms with Crippen molar-refractivity contribution in [3.63, 3.8) is 0 Å². The maximum Gasteiger partial charge on any atom is 0.416 e. The molecule has 1 aromatic carbocycles. The number of carbonyl (C=O) groups excluding carboxylic acids is 2. The molecule has 0 atom stereocenters. The van der Waals surface area contributed by atoms with Crippen LogP contribution in [-0.2, 0) is 11.0 Å². The van der Waals surface area contributed by atoms with Crippen LogP contribution in [0.25, 0.3) is 0 Å². The Morgan fingerprint density at radius 1 is 1.17 bits per heavy atom. The van der Waals surface area contributed by atoms with Crippen LogP contribution >= 0.6 is 0 Å². The Bertz CT molecular complexity index is 869. The zero-order valence-electron chi connectivity index (χ0n) is 16.4. The molecule has 2 rings (SSSR count). The predicted octanol–water partition coefficient (Wildman–Crippen LogP) is 3.83. The van der Waals surface area contributed by atoms with E-state index in [9.17, 15) is 22.8 Å². The first-order valence-corrected chi connectivity index (χ1v) is 9.09. The molecule has 0 aliphatic heterocycles. The third kappa shape index (κ3) is 6.20. The fourth-order valence-corrected chi connectivity index (χ4v) is 2.63. The van der Waals surface area contributed by atoms with E-state index in [4.69, 9.17) is 0 Å². The monoisotopic (exact) mass is 408 g/mol. The Morgan fingerprint density at radius 3 is 2.52 bits per heavy atom. The van der Waals surface area contributed by atoms with Gasteiger partial charge in [-0.2, -0.15) is 13.2 Å². The summed E-state index contributed by atoms with van der Waals surface area (Å²) < 4.78 is 38.8. The highest BCUT2D eigenvalue weighted by Crippen LogP contribution is 2.31. The summed E-state index contributed by atoms with van der Waals surface area (Å²) in [6, 6.07) is 7.61. The van der Waals surface area contributed by atoms with E-state index < -0.39 is 17.6 Å². The number of alkyl halides is 3. The van der Waals surface area contributed by atoms with E-state index in [2.05, 4.69) is 15.6 Å². The van der Waals surface area contributed by atoms with Gasteiger partial charge in [0.15, 0.2) is 0 Å². The van der Waals surface area contributed by atoms with Crippen molar-refractivity contribution < 1.29 is 22.8 Å². The number of rotatable bonds is 7. The van der Waals surface area contributed by atoms with Gasteiger partial charge in [-0.25, -0.2) is 4.98 Å². The molecule has 0 aliphatic carbocycles. The Balaban J connectivity index is 2.25. The van der Waals surface area contributed by atoms with E-state index in [1.165, 1.54) is 29.3 Å². The molecule has 0 aliphatic rings. The van der Waals surface area contributed by atoms with Crippen LogP contribution in [-0.4, -0.2) is 40.8 Å². The Kier molecular flexibility index (Phi) is 7.19. The van der Waals surface area contributed by atoms with Crippen LogP contribution in [0.3, 0.4) is 0 Å². The quantitative estimate of drug-likeness (QED) is 0.730. The molecule has 0 saturated carbocycles. The van der Waals surface area contributed by atoms with Crippen LogP contribution < -0.4 is 10.6 Å². The highest BCUT2D eigenvalue weighted by atomic mass is 19.4. The van der Waals surface area contributed by atoms with E-state index in [0.29, 0.717) is 0 Å². The topological polar surface area (TPSA) is 74.3 Å². The van der Waals surface area contributed by atoms with Crippen LogP contribution in [0, 0.1) is 0 Å². The lowest BCUT2D eigenvalue weighted by atomic mass is 10.1. The highest BCUT2D eigenvalue weighted by molar-refractivity contribution is 6.00. The van der Waals surface area contributed by atoms with Crippen molar-refractivity contribution >= 4 is 23.3 Å². The molecule has 0 spiro atoms. The number of aromatic nitrogens is 1. The SMILES string of the molecule is CCN(CC(=O)NC(C)C)C(=O)c1cccnc1Nc1cccc(C(F)(F)F)c1. The summed E-state index contributed by atoms with van der Waals surface area (Å²) in [4.78, 5) is 30.4. The maximum atomic E-state index is 12.9. The Hall–Kier alpha value is -3.10. The average Bonchev–Trinajstić information content (AvgIpc) is 2.65. The number of nitrogens with zero attached hydrogens (tertiary/aromatic N) is 2. The Morgan fingerprint density at radius 2 is 1.90 bits per heavy atom. The summed E-state index contributed by atoms with van der Waals surface area (Å²) >= 11 is 0. The third-order valence-electron chi connectivity index (χ3n) is 3.94. The minimum absolute atomic E-state index is 0.0622. The second-order valence-electron chi connectivity index (χ2n) is 6.64. The molecule has 0 saturated heterocycles. The van der Waals surface area contributed by atoms with E-state index >= 15 is 0 Å². The second-order valence-corrected chi connectivity index (χ2v) is 6.64. The molecule has 2 N–H and O–H groups in total. The number of halogens is 3. The molecule has 2 aromatic rings. The van der Waals surface area contributed by atoms with Crippen LogP contribution in [0.15, 0.2) is 42.6 Å². The second kappa shape index (κ2) is 9.40. The zero-order valence-corrected chi connectivity index (χ0v) is 16.4. The first-order valence-electron chi connectivity index (χ1n) is 9.09. The van der Waals surface area contributed by atoms with Crippen molar-refractivity contribution in [3.05, 3.63) is 53.7 Å². The smallest absolute Gasteiger partial charge is 0.352 e. The number of hydrogen-bond donors (Lipinski definition) is 2. The molecule has 0 fully saturated rings. The molecule has 9 heteroatoms. The molecule has 29 heavy (non-hydrogen) atoms. The molecule has 156 valence electrons. The molecular formula is C20H23F3N4O2. The van der Waals surface area contributed by atoms with Gasteiger partial charge in [0.25, 0.3) is 5.91 Å². The molecule has 1 heterocycles. The summed E-state index contributed by atoms with van der Waals surface area (Å²) in [6.07, 6.45) is -3.06. The van der Waals surface area contributed by atoms with Crippen LogP contribution in [0.1, 0.15) is 36.7 Å². The first-order chi connectivity index (χ1) is 13.6. The Labute approximate surface area is 167 Å². The van der Waals surface area contributed by atoms with E-state index in [0.717, 1.165) is 12.1 Å². The number of pyridine rings is 1. The van der Waals surface area contributed by atoms with Crippen molar-refractivity contribution in [2.45, 2.75) is 33.0 Å². The van der Waals surface area contributed by atoms with Gasteiger partial charge < -0.3 is 15.5 Å². The van der Waals surface area contributed by atoms with Gasteiger partial charge >= 0.3 is 6.18 Å². The van der Waals surface area contributed by atoms with E-state index in [1.54, 1.807) is 13.0 Å². The molecule has 2 amide bonds. The lowest BCUT2D eigenvalue weighted by molar-refractivity contribution is -0.137. The molecule has 1 aromatic heterocycles. The lowest BCUT2D eigenvalue weighted by Crippen LogP contribution is -2.42. The largest absolute Gasteiger partial charge is 0.416 e. The first kappa shape index (κ1) is 22.2. The van der Waals surface area contributed by atoms with Crippen molar-refractivity contribution in [3.8, 4) is 0 Å².